The molecule has 0 aliphatic heterocycles. The van der Waals surface area contributed by atoms with Crippen molar-refractivity contribution in [1.82, 2.24) is 10.3 Å². The molecule has 1 aliphatic carbocycles. The molecule has 7 heteroatoms. The maximum absolute atomic E-state index is 12.5. The molecule has 0 aromatic carbocycles. The van der Waals surface area contributed by atoms with Crippen molar-refractivity contribution >= 4 is 17.8 Å². The topological polar surface area (TPSA) is 115 Å². The number of aliphatic hydroxyl groups excluding tert-OH is 1. The summed E-state index contributed by atoms with van der Waals surface area (Å²) >= 11 is 0. The summed E-state index contributed by atoms with van der Waals surface area (Å²) in [5.74, 6) is 0.637. The van der Waals surface area contributed by atoms with Gasteiger partial charge in [-0.3, -0.25) is 9.78 Å². The molecule has 1 aromatic heterocycles. The number of nitrogens with two attached hydrogens (primary N) is 1. The molecule has 0 radical (unpaired) electrons. The van der Waals surface area contributed by atoms with Crippen molar-refractivity contribution < 1.29 is 19.4 Å². The summed E-state index contributed by atoms with van der Waals surface area (Å²) in [6, 6.07) is 3.36. The molecule has 1 atom stereocenters. The number of amides is 1. The minimum Gasteiger partial charge on any atom is -0.493 e. The number of aromatic nitrogens is 1. The molecular formula is C17H23N3O4. The van der Waals surface area contributed by atoms with E-state index in [1.54, 1.807) is 25.3 Å². The molecular weight excluding hydrogens is 310 g/mol. The minimum absolute atomic E-state index is 0.147. The summed E-state index contributed by atoms with van der Waals surface area (Å²) in [5.41, 5.74) is 5.22. The van der Waals surface area contributed by atoms with Gasteiger partial charge in [-0.05, 0) is 38.7 Å². The van der Waals surface area contributed by atoms with Crippen LogP contribution in [0.15, 0.2) is 24.0 Å². The number of ether oxygens (including phenoxy) is 1. The SMILES string of the molecule is C/C(N)=C(\C(=O)NC(C)(C=O)CO)c1cc(OCC2CC2)ccn1. The smallest absolute Gasteiger partial charge is 0.256 e. The number of nitrogens with zero attached hydrogens (tertiary/aromatic N) is 1. The lowest BCUT2D eigenvalue weighted by molar-refractivity contribution is -0.123. The Morgan fingerprint density at radius 3 is 2.83 bits per heavy atom. The highest BCUT2D eigenvalue weighted by molar-refractivity contribution is 6.20. The number of hydrogen-bond acceptors (Lipinski definition) is 6. The Morgan fingerprint density at radius 1 is 1.58 bits per heavy atom. The molecule has 1 unspecified atom stereocenters. The van der Waals surface area contributed by atoms with Crippen LogP contribution in [-0.4, -0.2) is 41.0 Å². The molecule has 1 amide bonds. The first-order valence-corrected chi connectivity index (χ1v) is 7.84. The van der Waals surface area contributed by atoms with E-state index in [0.29, 0.717) is 30.3 Å². The first-order chi connectivity index (χ1) is 11.4. The Hall–Kier alpha value is -2.41. The van der Waals surface area contributed by atoms with Gasteiger partial charge in [0.15, 0.2) is 0 Å². The first-order valence-electron chi connectivity index (χ1n) is 7.84. The third-order valence-corrected chi connectivity index (χ3v) is 3.78. The predicted molar refractivity (Wildman–Crippen MR) is 88.9 cm³/mol. The number of carbonyl (C=O) groups is 2. The van der Waals surface area contributed by atoms with Crippen LogP contribution in [0.2, 0.25) is 0 Å². The van der Waals surface area contributed by atoms with Gasteiger partial charge >= 0.3 is 0 Å². The van der Waals surface area contributed by atoms with E-state index in [4.69, 9.17) is 10.5 Å². The number of allylic oxidation sites excluding steroid dienone is 1. The highest BCUT2D eigenvalue weighted by Gasteiger charge is 2.28. The number of pyridine rings is 1. The summed E-state index contributed by atoms with van der Waals surface area (Å²) in [6.45, 7) is 3.12. The van der Waals surface area contributed by atoms with Gasteiger partial charge in [-0.15, -0.1) is 0 Å². The summed E-state index contributed by atoms with van der Waals surface area (Å²) in [5, 5.41) is 11.7. The van der Waals surface area contributed by atoms with Gasteiger partial charge in [-0.2, -0.15) is 0 Å². The molecule has 1 saturated carbocycles. The van der Waals surface area contributed by atoms with Crippen LogP contribution >= 0.6 is 0 Å². The van der Waals surface area contributed by atoms with Crippen molar-refractivity contribution in [2.24, 2.45) is 11.7 Å². The van der Waals surface area contributed by atoms with Crippen molar-refractivity contribution in [2.75, 3.05) is 13.2 Å². The Morgan fingerprint density at radius 2 is 2.29 bits per heavy atom. The van der Waals surface area contributed by atoms with E-state index in [1.165, 1.54) is 19.8 Å². The largest absolute Gasteiger partial charge is 0.493 e. The average molecular weight is 333 g/mol. The molecule has 2 rings (SSSR count). The fraction of sp³-hybridized carbons (Fsp3) is 0.471. The number of aliphatic hydroxyl groups is 1. The number of rotatable bonds is 8. The molecule has 7 nitrogen and oxygen atoms in total. The van der Waals surface area contributed by atoms with Gasteiger partial charge in [0.05, 0.1) is 24.5 Å². The minimum atomic E-state index is -1.38. The predicted octanol–water partition coefficient (Wildman–Crippen LogP) is 0.626. The van der Waals surface area contributed by atoms with Crippen LogP contribution in [0.1, 0.15) is 32.4 Å². The number of nitrogens with one attached hydrogen (secondary N) is 1. The Labute approximate surface area is 140 Å². The van der Waals surface area contributed by atoms with E-state index in [2.05, 4.69) is 10.3 Å². The Bertz CT molecular complexity index is 651. The van der Waals surface area contributed by atoms with Crippen LogP contribution < -0.4 is 15.8 Å². The van der Waals surface area contributed by atoms with Crippen LogP contribution in [0.3, 0.4) is 0 Å². The first kappa shape index (κ1) is 17.9. The van der Waals surface area contributed by atoms with Gasteiger partial charge in [0.2, 0.25) is 0 Å². The third-order valence-electron chi connectivity index (χ3n) is 3.78. The normalized spacial score (nSPS) is 17.5. The van der Waals surface area contributed by atoms with Gasteiger partial charge in [0, 0.05) is 18.0 Å². The molecule has 1 aliphatic rings. The fourth-order valence-electron chi connectivity index (χ4n) is 2.06. The third kappa shape index (κ3) is 4.55. The number of carbonyl (C=O) groups excluding carboxylic acids is 2. The molecule has 24 heavy (non-hydrogen) atoms. The summed E-state index contributed by atoms with van der Waals surface area (Å²) < 4.78 is 5.69. The Kier molecular flexibility index (Phi) is 5.56. The fourth-order valence-corrected chi connectivity index (χ4v) is 2.06. The van der Waals surface area contributed by atoms with Crippen LogP contribution in [0.5, 0.6) is 5.75 Å². The van der Waals surface area contributed by atoms with Crippen molar-refractivity contribution in [3.63, 3.8) is 0 Å². The zero-order valence-electron chi connectivity index (χ0n) is 13.9. The van der Waals surface area contributed by atoms with Crippen LogP contribution in [0.25, 0.3) is 5.57 Å². The van der Waals surface area contributed by atoms with Gasteiger partial charge in [0.25, 0.3) is 5.91 Å². The molecule has 4 N–H and O–H groups in total. The van der Waals surface area contributed by atoms with Crippen LogP contribution in [0.4, 0.5) is 0 Å². The van der Waals surface area contributed by atoms with Gasteiger partial charge in [-0.25, -0.2) is 0 Å². The van der Waals surface area contributed by atoms with Gasteiger partial charge < -0.3 is 25.7 Å². The Balaban J connectivity index is 2.21. The molecule has 1 heterocycles. The molecule has 1 fully saturated rings. The lowest BCUT2D eigenvalue weighted by Gasteiger charge is -2.23. The maximum Gasteiger partial charge on any atom is 0.256 e. The molecule has 0 saturated heterocycles. The quantitative estimate of drug-likeness (QED) is 0.475. The van der Waals surface area contributed by atoms with Crippen LogP contribution in [-0.2, 0) is 9.59 Å². The molecule has 1 aromatic rings. The van der Waals surface area contributed by atoms with E-state index in [-0.39, 0.29) is 11.3 Å². The van der Waals surface area contributed by atoms with E-state index >= 15 is 0 Å². The van der Waals surface area contributed by atoms with Crippen molar-refractivity contribution in [2.45, 2.75) is 32.2 Å². The lowest BCUT2D eigenvalue weighted by Crippen LogP contribution is -2.50. The second-order valence-electron chi connectivity index (χ2n) is 6.34. The standard InChI is InChI=1S/C17H23N3O4/c1-11(18)15(16(23)20-17(2,9-21)10-22)14-7-13(5-6-19-14)24-8-12-3-4-12/h5-7,9,12,22H,3-4,8,10,18H2,1-2H3,(H,20,23)/b15-11+. The average Bonchev–Trinajstić information content (AvgIpc) is 3.37. The van der Waals surface area contributed by atoms with E-state index in [0.717, 1.165) is 0 Å². The molecule has 0 spiro atoms. The highest BCUT2D eigenvalue weighted by Crippen LogP contribution is 2.30. The van der Waals surface area contributed by atoms with E-state index < -0.39 is 18.1 Å². The summed E-state index contributed by atoms with van der Waals surface area (Å²) in [7, 11) is 0. The summed E-state index contributed by atoms with van der Waals surface area (Å²) in [6.07, 6.45) is 4.38. The monoisotopic (exact) mass is 333 g/mol. The zero-order valence-corrected chi connectivity index (χ0v) is 13.9. The van der Waals surface area contributed by atoms with E-state index in [1.807, 2.05) is 0 Å². The highest BCUT2D eigenvalue weighted by atomic mass is 16.5. The molecule has 0 bridgehead atoms. The van der Waals surface area contributed by atoms with Crippen molar-refractivity contribution in [3.8, 4) is 5.75 Å². The second kappa shape index (κ2) is 7.44. The maximum atomic E-state index is 12.5. The van der Waals surface area contributed by atoms with Crippen molar-refractivity contribution in [3.05, 3.63) is 29.7 Å². The lowest BCUT2D eigenvalue weighted by atomic mass is 10.0. The second-order valence-corrected chi connectivity index (χ2v) is 6.34. The summed E-state index contributed by atoms with van der Waals surface area (Å²) in [4.78, 5) is 27.8. The van der Waals surface area contributed by atoms with Gasteiger partial charge in [0.1, 0.15) is 17.6 Å². The number of aldehydes is 1. The molecule has 130 valence electrons. The zero-order chi connectivity index (χ0) is 17.7. The van der Waals surface area contributed by atoms with Crippen LogP contribution in [0, 0.1) is 5.92 Å². The van der Waals surface area contributed by atoms with E-state index in [9.17, 15) is 14.7 Å². The van der Waals surface area contributed by atoms with Crippen molar-refractivity contribution in [1.29, 1.82) is 0 Å². The van der Waals surface area contributed by atoms with Gasteiger partial charge in [-0.1, -0.05) is 0 Å². The number of hydrogen-bond donors (Lipinski definition) is 3.